The van der Waals surface area contributed by atoms with Gasteiger partial charge in [0.15, 0.2) is 10.6 Å². The zero-order valence-corrected chi connectivity index (χ0v) is 17.9. The molecule has 4 rings (SSSR count). The Hall–Kier alpha value is -2.64. The lowest BCUT2D eigenvalue weighted by Gasteiger charge is -2.22. The van der Waals surface area contributed by atoms with Gasteiger partial charge in [-0.15, -0.1) is 0 Å². The third-order valence-corrected chi connectivity index (χ3v) is 5.80. The van der Waals surface area contributed by atoms with Crippen molar-refractivity contribution in [3.63, 3.8) is 0 Å². The molecule has 3 aromatic rings. The molecular formula is C22H26N4O2S. The van der Waals surface area contributed by atoms with Crippen molar-refractivity contribution < 1.29 is 9.47 Å². The number of methoxy groups -OCH3 is 2. The van der Waals surface area contributed by atoms with Crippen molar-refractivity contribution in [2.24, 2.45) is 7.05 Å². The molecule has 0 N–H and O–H groups in total. The van der Waals surface area contributed by atoms with Gasteiger partial charge in [-0.05, 0) is 54.9 Å². The zero-order valence-electron chi connectivity index (χ0n) is 17.0. The Kier molecular flexibility index (Phi) is 5.69. The first kappa shape index (κ1) is 19.7. The van der Waals surface area contributed by atoms with E-state index in [0.29, 0.717) is 17.5 Å². The van der Waals surface area contributed by atoms with Gasteiger partial charge in [-0.2, -0.15) is 5.10 Å². The first-order valence-electron chi connectivity index (χ1n) is 9.75. The molecule has 0 bridgehead atoms. The molecule has 1 fully saturated rings. The van der Waals surface area contributed by atoms with Crippen molar-refractivity contribution in [2.75, 3.05) is 14.2 Å². The molecule has 1 aromatic heterocycles. The molecule has 0 unspecified atom stereocenters. The van der Waals surface area contributed by atoms with Gasteiger partial charge in [0.05, 0.1) is 26.5 Å². The van der Waals surface area contributed by atoms with E-state index in [1.165, 1.54) is 18.4 Å². The van der Waals surface area contributed by atoms with Crippen LogP contribution in [0.3, 0.4) is 0 Å². The highest BCUT2D eigenvalue weighted by atomic mass is 32.1. The molecule has 152 valence electrons. The summed E-state index contributed by atoms with van der Waals surface area (Å²) in [6.45, 7) is 1.52. The van der Waals surface area contributed by atoms with Crippen LogP contribution < -0.4 is 9.47 Å². The van der Waals surface area contributed by atoms with E-state index in [1.807, 2.05) is 52.7 Å². The second-order valence-corrected chi connectivity index (χ2v) is 7.70. The number of para-hydroxylation sites is 1. The Balaban J connectivity index is 1.59. The average molecular weight is 411 g/mol. The van der Waals surface area contributed by atoms with Gasteiger partial charge in [0.1, 0.15) is 11.5 Å². The Morgan fingerprint density at radius 1 is 1.07 bits per heavy atom. The van der Waals surface area contributed by atoms with Crippen molar-refractivity contribution in [3.05, 3.63) is 58.9 Å². The Labute approximate surface area is 176 Å². The summed E-state index contributed by atoms with van der Waals surface area (Å²) in [4.78, 5) is 2.44. The van der Waals surface area contributed by atoms with Crippen LogP contribution in [0.25, 0.3) is 11.4 Å². The van der Waals surface area contributed by atoms with E-state index in [4.69, 9.17) is 26.8 Å². The van der Waals surface area contributed by atoms with Crippen LogP contribution in [0.1, 0.15) is 18.4 Å². The monoisotopic (exact) mass is 410 g/mol. The fraction of sp³-hybridized carbons (Fsp3) is 0.364. The molecule has 29 heavy (non-hydrogen) atoms. The van der Waals surface area contributed by atoms with Crippen LogP contribution in [0.5, 0.6) is 11.5 Å². The van der Waals surface area contributed by atoms with Crippen LogP contribution >= 0.6 is 12.2 Å². The Morgan fingerprint density at radius 3 is 2.45 bits per heavy atom. The van der Waals surface area contributed by atoms with Gasteiger partial charge >= 0.3 is 0 Å². The van der Waals surface area contributed by atoms with Gasteiger partial charge in [-0.1, -0.05) is 24.3 Å². The molecule has 7 heteroatoms. The normalized spacial score (nSPS) is 13.7. The van der Waals surface area contributed by atoms with Gasteiger partial charge in [0.25, 0.3) is 0 Å². The SMILES string of the molecule is COc1ccc(CN(Cn2nc(-c3ccccc3OC)n(C)c2=S)C2CC2)cc1. The third-order valence-electron chi connectivity index (χ3n) is 5.31. The molecule has 0 amide bonds. The van der Waals surface area contributed by atoms with Gasteiger partial charge in [0, 0.05) is 19.6 Å². The lowest BCUT2D eigenvalue weighted by atomic mass is 10.2. The zero-order chi connectivity index (χ0) is 20.4. The van der Waals surface area contributed by atoms with Crippen molar-refractivity contribution >= 4 is 12.2 Å². The summed E-state index contributed by atoms with van der Waals surface area (Å²) < 4.78 is 15.3. The number of rotatable bonds is 8. The second kappa shape index (κ2) is 8.39. The number of nitrogens with zero attached hydrogens (tertiary/aromatic N) is 4. The summed E-state index contributed by atoms with van der Waals surface area (Å²) >= 11 is 5.70. The number of hydrogen-bond acceptors (Lipinski definition) is 5. The fourth-order valence-electron chi connectivity index (χ4n) is 3.52. The van der Waals surface area contributed by atoms with Gasteiger partial charge in [0.2, 0.25) is 0 Å². The van der Waals surface area contributed by atoms with E-state index in [9.17, 15) is 0 Å². The van der Waals surface area contributed by atoms with Crippen molar-refractivity contribution in [3.8, 4) is 22.9 Å². The summed E-state index contributed by atoms with van der Waals surface area (Å²) in [5.74, 6) is 2.48. The van der Waals surface area contributed by atoms with Crippen molar-refractivity contribution in [1.29, 1.82) is 0 Å². The standard InChI is InChI=1S/C22H26N4O2S/c1-24-21(19-6-4-5-7-20(19)28-3)23-26(22(24)29)15-25(17-10-11-17)14-16-8-12-18(27-2)13-9-16/h4-9,12-13,17H,10-11,14-15H2,1-3H3. The maximum Gasteiger partial charge on any atom is 0.199 e. The summed E-state index contributed by atoms with van der Waals surface area (Å²) in [6.07, 6.45) is 2.44. The van der Waals surface area contributed by atoms with Gasteiger partial charge in [-0.25, -0.2) is 4.68 Å². The smallest absolute Gasteiger partial charge is 0.199 e. The van der Waals surface area contributed by atoms with Crippen molar-refractivity contribution in [2.45, 2.75) is 32.1 Å². The highest BCUT2D eigenvalue weighted by Crippen LogP contribution is 2.31. The molecule has 1 heterocycles. The summed E-state index contributed by atoms with van der Waals surface area (Å²) in [6, 6.07) is 16.7. The highest BCUT2D eigenvalue weighted by Gasteiger charge is 2.30. The van der Waals surface area contributed by atoms with E-state index in [2.05, 4.69) is 17.0 Å². The highest BCUT2D eigenvalue weighted by molar-refractivity contribution is 7.71. The minimum absolute atomic E-state index is 0.579. The molecule has 1 aliphatic rings. The topological polar surface area (TPSA) is 44.4 Å². The maximum absolute atomic E-state index is 5.70. The largest absolute Gasteiger partial charge is 0.497 e. The Bertz CT molecular complexity index is 1040. The van der Waals surface area contributed by atoms with Gasteiger partial charge < -0.3 is 14.0 Å². The van der Waals surface area contributed by atoms with Crippen molar-refractivity contribution in [1.82, 2.24) is 19.2 Å². The van der Waals surface area contributed by atoms with Crippen LogP contribution in [0.2, 0.25) is 0 Å². The molecule has 0 spiro atoms. The van der Waals surface area contributed by atoms with Crippen LogP contribution in [0, 0.1) is 4.77 Å². The second-order valence-electron chi connectivity index (χ2n) is 7.33. The number of aromatic nitrogens is 3. The molecule has 2 aromatic carbocycles. The van der Waals surface area contributed by atoms with E-state index in [0.717, 1.165) is 29.4 Å². The minimum Gasteiger partial charge on any atom is -0.497 e. The summed E-state index contributed by atoms with van der Waals surface area (Å²) in [5, 5.41) is 4.84. The lowest BCUT2D eigenvalue weighted by molar-refractivity contribution is 0.186. The van der Waals surface area contributed by atoms with E-state index < -0.39 is 0 Å². The maximum atomic E-state index is 5.70. The summed E-state index contributed by atoms with van der Waals surface area (Å²) in [5.41, 5.74) is 2.19. The van der Waals surface area contributed by atoms with Crippen LogP contribution in [-0.4, -0.2) is 39.5 Å². The number of hydrogen-bond donors (Lipinski definition) is 0. The predicted molar refractivity (Wildman–Crippen MR) is 116 cm³/mol. The lowest BCUT2D eigenvalue weighted by Crippen LogP contribution is -2.29. The third kappa shape index (κ3) is 4.21. The first-order chi connectivity index (χ1) is 14.1. The fourth-order valence-corrected chi connectivity index (χ4v) is 3.70. The molecule has 0 radical (unpaired) electrons. The van der Waals surface area contributed by atoms with E-state index in [1.54, 1.807) is 14.2 Å². The molecule has 1 aliphatic carbocycles. The number of benzene rings is 2. The Morgan fingerprint density at radius 2 is 1.79 bits per heavy atom. The molecule has 1 saturated carbocycles. The van der Waals surface area contributed by atoms with E-state index in [-0.39, 0.29) is 0 Å². The minimum atomic E-state index is 0.579. The summed E-state index contributed by atoms with van der Waals surface area (Å²) in [7, 11) is 5.32. The van der Waals surface area contributed by atoms with Crippen LogP contribution in [-0.2, 0) is 20.3 Å². The van der Waals surface area contributed by atoms with Crippen LogP contribution in [0.15, 0.2) is 48.5 Å². The molecule has 6 nitrogen and oxygen atoms in total. The van der Waals surface area contributed by atoms with Crippen LogP contribution in [0.4, 0.5) is 0 Å². The molecule has 0 atom stereocenters. The molecule has 0 saturated heterocycles. The molecule has 0 aliphatic heterocycles. The average Bonchev–Trinajstić information content (AvgIpc) is 3.57. The van der Waals surface area contributed by atoms with E-state index >= 15 is 0 Å². The molecular weight excluding hydrogens is 384 g/mol. The predicted octanol–water partition coefficient (Wildman–Crippen LogP) is 4.26. The first-order valence-corrected chi connectivity index (χ1v) is 10.2. The van der Waals surface area contributed by atoms with Gasteiger partial charge in [-0.3, -0.25) is 4.90 Å². The quantitative estimate of drug-likeness (QED) is 0.519. The number of ether oxygens (including phenoxy) is 2.